The number of hydrogen-bond donors (Lipinski definition) is 0. The number of thiophene rings is 1. The van der Waals surface area contributed by atoms with E-state index in [0.717, 1.165) is 23.0 Å². The number of aryl methyl sites for hydroxylation is 2. The van der Waals surface area contributed by atoms with Crippen molar-refractivity contribution in [3.63, 3.8) is 0 Å². The molecule has 0 radical (unpaired) electrons. The molecule has 1 aliphatic heterocycles. The summed E-state index contributed by atoms with van der Waals surface area (Å²) in [6.07, 6.45) is 3.65. The molecule has 0 N–H and O–H groups in total. The third kappa shape index (κ3) is 2.60. The lowest BCUT2D eigenvalue weighted by Crippen LogP contribution is -2.51. The van der Waals surface area contributed by atoms with Crippen LogP contribution in [0, 0.1) is 0 Å². The molecule has 0 aromatic carbocycles. The number of alkyl halides is 1. The first-order valence-corrected chi connectivity index (χ1v) is 8.73. The molecule has 104 valence electrons. The van der Waals surface area contributed by atoms with E-state index in [4.69, 9.17) is 4.74 Å². The highest BCUT2D eigenvalue weighted by Gasteiger charge is 2.31. The van der Waals surface area contributed by atoms with E-state index in [1.54, 1.807) is 11.3 Å². The number of fused-ring (bicyclic) bond motifs is 1. The van der Waals surface area contributed by atoms with Gasteiger partial charge in [-0.25, -0.2) is 0 Å². The number of nitrogens with zero attached hydrogens (tertiary/aromatic N) is 1. The van der Waals surface area contributed by atoms with Gasteiger partial charge >= 0.3 is 0 Å². The third-order valence-electron chi connectivity index (χ3n) is 3.90. The SMILES string of the molecule is CC1COC(CBr)CN1C(=O)c1cc2c(s1)CCC2. The third-order valence-corrected chi connectivity index (χ3v) is 5.84. The molecular weight excluding hydrogens is 326 g/mol. The van der Waals surface area contributed by atoms with Crippen LogP contribution in [0.25, 0.3) is 0 Å². The van der Waals surface area contributed by atoms with Crippen LogP contribution in [0.1, 0.15) is 33.5 Å². The van der Waals surface area contributed by atoms with Crippen molar-refractivity contribution in [2.24, 2.45) is 0 Å². The van der Waals surface area contributed by atoms with Crippen molar-refractivity contribution in [2.45, 2.75) is 38.3 Å². The zero-order valence-corrected chi connectivity index (χ0v) is 13.4. The van der Waals surface area contributed by atoms with Crippen LogP contribution < -0.4 is 0 Å². The van der Waals surface area contributed by atoms with Crippen LogP contribution in [0.2, 0.25) is 0 Å². The van der Waals surface area contributed by atoms with Gasteiger partial charge in [0.25, 0.3) is 5.91 Å². The normalized spacial score (nSPS) is 26.5. The average molecular weight is 344 g/mol. The summed E-state index contributed by atoms with van der Waals surface area (Å²) in [4.78, 5) is 16.9. The number of ether oxygens (including phenoxy) is 1. The summed E-state index contributed by atoms with van der Waals surface area (Å²) in [7, 11) is 0. The van der Waals surface area contributed by atoms with Crippen LogP contribution >= 0.6 is 27.3 Å². The van der Waals surface area contributed by atoms with Gasteiger partial charge in [-0.1, -0.05) is 15.9 Å². The minimum atomic E-state index is 0.118. The molecule has 2 unspecified atom stereocenters. The average Bonchev–Trinajstić information content (AvgIpc) is 2.99. The summed E-state index contributed by atoms with van der Waals surface area (Å²) in [6.45, 7) is 3.38. The number of carbonyl (C=O) groups excluding carboxylic acids is 1. The summed E-state index contributed by atoms with van der Waals surface area (Å²) >= 11 is 5.13. The van der Waals surface area contributed by atoms with Gasteiger partial charge < -0.3 is 9.64 Å². The van der Waals surface area contributed by atoms with Gasteiger partial charge in [-0.15, -0.1) is 11.3 Å². The molecule has 1 aromatic rings. The molecule has 0 spiro atoms. The number of amides is 1. The van der Waals surface area contributed by atoms with E-state index in [1.165, 1.54) is 16.9 Å². The first-order valence-electron chi connectivity index (χ1n) is 6.79. The fraction of sp³-hybridized carbons (Fsp3) is 0.643. The molecule has 1 saturated heterocycles. The largest absolute Gasteiger partial charge is 0.373 e. The molecule has 3 rings (SSSR count). The van der Waals surface area contributed by atoms with Gasteiger partial charge in [-0.05, 0) is 37.8 Å². The van der Waals surface area contributed by atoms with Crippen molar-refractivity contribution in [3.8, 4) is 0 Å². The Labute approximate surface area is 126 Å². The van der Waals surface area contributed by atoms with Crippen molar-refractivity contribution in [2.75, 3.05) is 18.5 Å². The molecule has 3 nitrogen and oxygen atoms in total. The molecule has 5 heteroatoms. The van der Waals surface area contributed by atoms with Gasteiger partial charge in [-0.2, -0.15) is 0 Å². The summed E-state index contributed by atoms with van der Waals surface area (Å²) in [5.74, 6) is 0.182. The van der Waals surface area contributed by atoms with E-state index in [2.05, 4.69) is 28.9 Å². The second-order valence-corrected chi connectivity index (χ2v) is 7.11. The lowest BCUT2D eigenvalue weighted by molar-refractivity contribution is -0.0359. The minimum Gasteiger partial charge on any atom is -0.373 e. The van der Waals surface area contributed by atoms with Gasteiger partial charge in [0, 0.05) is 16.8 Å². The smallest absolute Gasteiger partial charge is 0.264 e. The van der Waals surface area contributed by atoms with Crippen LogP contribution in [0.5, 0.6) is 0 Å². The number of rotatable bonds is 2. The highest BCUT2D eigenvalue weighted by molar-refractivity contribution is 9.09. The summed E-state index contributed by atoms with van der Waals surface area (Å²) in [6, 6.07) is 2.28. The highest BCUT2D eigenvalue weighted by Crippen LogP contribution is 2.32. The Morgan fingerprint density at radius 2 is 2.42 bits per heavy atom. The van der Waals surface area contributed by atoms with E-state index >= 15 is 0 Å². The maximum Gasteiger partial charge on any atom is 0.264 e. The van der Waals surface area contributed by atoms with Gasteiger partial charge in [0.1, 0.15) is 0 Å². The Balaban J connectivity index is 1.77. The van der Waals surface area contributed by atoms with Crippen molar-refractivity contribution in [1.82, 2.24) is 4.90 Å². The van der Waals surface area contributed by atoms with Crippen molar-refractivity contribution >= 4 is 33.2 Å². The maximum absolute atomic E-state index is 12.6. The monoisotopic (exact) mass is 343 g/mol. The van der Waals surface area contributed by atoms with E-state index in [-0.39, 0.29) is 18.1 Å². The fourth-order valence-corrected chi connectivity index (χ4v) is 4.37. The number of halogens is 1. The van der Waals surface area contributed by atoms with Crippen LogP contribution in [-0.4, -0.2) is 41.4 Å². The lowest BCUT2D eigenvalue weighted by Gasteiger charge is -2.37. The Bertz CT molecular complexity index is 466. The molecule has 1 aliphatic carbocycles. The summed E-state index contributed by atoms with van der Waals surface area (Å²) in [5.41, 5.74) is 1.39. The summed E-state index contributed by atoms with van der Waals surface area (Å²) < 4.78 is 5.68. The number of hydrogen-bond acceptors (Lipinski definition) is 3. The second-order valence-electron chi connectivity index (χ2n) is 5.33. The molecule has 1 amide bonds. The molecule has 19 heavy (non-hydrogen) atoms. The van der Waals surface area contributed by atoms with Crippen molar-refractivity contribution < 1.29 is 9.53 Å². The maximum atomic E-state index is 12.6. The molecule has 2 atom stereocenters. The zero-order chi connectivity index (χ0) is 13.4. The molecular formula is C14H18BrNO2S. The Hall–Kier alpha value is -0.390. The Morgan fingerprint density at radius 3 is 3.16 bits per heavy atom. The van der Waals surface area contributed by atoms with Gasteiger partial charge in [-0.3, -0.25) is 4.79 Å². The van der Waals surface area contributed by atoms with Crippen LogP contribution in [-0.2, 0) is 17.6 Å². The molecule has 0 saturated carbocycles. The topological polar surface area (TPSA) is 29.5 Å². The molecule has 1 fully saturated rings. The molecule has 1 aromatic heterocycles. The Kier molecular flexibility index (Phi) is 3.96. The first-order chi connectivity index (χ1) is 9.19. The van der Waals surface area contributed by atoms with E-state index in [1.807, 2.05) is 4.90 Å². The number of carbonyl (C=O) groups is 1. The minimum absolute atomic E-state index is 0.118. The Morgan fingerprint density at radius 1 is 1.58 bits per heavy atom. The van der Waals surface area contributed by atoms with Crippen molar-refractivity contribution in [3.05, 3.63) is 21.4 Å². The van der Waals surface area contributed by atoms with Crippen molar-refractivity contribution in [1.29, 1.82) is 0 Å². The van der Waals surface area contributed by atoms with E-state index in [9.17, 15) is 4.79 Å². The van der Waals surface area contributed by atoms with E-state index in [0.29, 0.717) is 13.2 Å². The van der Waals surface area contributed by atoms with Gasteiger partial charge in [0.05, 0.1) is 23.6 Å². The van der Waals surface area contributed by atoms with E-state index < -0.39 is 0 Å². The molecule has 0 bridgehead atoms. The summed E-state index contributed by atoms with van der Waals surface area (Å²) in [5, 5.41) is 0.782. The lowest BCUT2D eigenvalue weighted by atomic mass is 10.2. The predicted octanol–water partition coefficient (Wildman–Crippen LogP) is 2.86. The van der Waals surface area contributed by atoms with Crippen LogP contribution in [0.3, 0.4) is 0 Å². The zero-order valence-electron chi connectivity index (χ0n) is 11.0. The highest BCUT2D eigenvalue weighted by atomic mass is 79.9. The fourth-order valence-electron chi connectivity index (χ4n) is 2.77. The van der Waals surface area contributed by atoms with Gasteiger partial charge in [0.2, 0.25) is 0 Å². The van der Waals surface area contributed by atoms with Crippen LogP contribution in [0.4, 0.5) is 0 Å². The number of morpholine rings is 1. The standard InChI is InChI=1S/C14H18BrNO2S/c1-9-8-18-11(6-15)7-16(9)14(17)13-5-10-3-2-4-12(10)19-13/h5,9,11H,2-4,6-8H2,1H3. The second kappa shape index (κ2) is 5.54. The quantitative estimate of drug-likeness (QED) is 0.772. The molecule has 2 heterocycles. The van der Waals surface area contributed by atoms with Gasteiger partial charge in [0.15, 0.2) is 0 Å². The molecule has 2 aliphatic rings. The first kappa shape index (κ1) is 13.6. The van der Waals surface area contributed by atoms with Crippen LogP contribution in [0.15, 0.2) is 6.07 Å². The predicted molar refractivity (Wildman–Crippen MR) is 80.4 cm³/mol.